The number of hydrogen-bond acceptors (Lipinski definition) is 4. The van der Waals surface area contributed by atoms with E-state index in [1.165, 1.54) is 14.2 Å². The number of methoxy groups -OCH3 is 2. The monoisotopic (exact) mass is 414 g/mol. The largest absolute Gasteiger partial charge is 0.467 e. The zero-order chi connectivity index (χ0) is 17.5. The second-order valence-corrected chi connectivity index (χ2v) is 6.38. The zero-order valence-corrected chi connectivity index (χ0v) is 15.2. The van der Waals surface area contributed by atoms with Gasteiger partial charge < -0.3 is 14.2 Å². The van der Waals surface area contributed by atoms with Crippen LogP contribution in [0.3, 0.4) is 0 Å². The molecule has 0 unspecified atom stereocenters. The number of carbonyl (C=O) groups is 1. The van der Waals surface area contributed by atoms with Gasteiger partial charge in [0, 0.05) is 28.8 Å². The minimum absolute atomic E-state index is 0.104. The second-order valence-electron chi connectivity index (χ2n) is 5.21. The molecular weight excluding hydrogens is 403 g/mol. The van der Waals surface area contributed by atoms with E-state index < -0.39 is 23.5 Å². The topological polar surface area (TPSA) is 44.8 Å². The Morgan fingerprint density at radius 3 is 2.58 bits per heavy atom. The summed E-state index contributed by atoms with van der Waals surface area (Å²) in [4.78, 5) is 12.7. The first-order valence-corrected chi connectivity index (χ1v) is 8.17. The van der Waals surface area contributed by atoms with Gasteiger partial charge in [0.2, 0.25) is 0 Å². The summed E-state index contributed by atoms with van der Waals surface area (Å²) < 4.78 is 30.8. The summed E-state index contributed by atoms with van der Waals surface area (Å²) in [5.74, 6) is -1.14. The van der Waals surface area contributed by atoms with Crippen LogP contribution in [-0.4, -0.2) is 20.2 Å². The lowest BCUT2D eigenvalue weighted by atomic mass is 9.86. The summed E-state index contributed by atoms with van der Waals surface area (Å²) in [6, 6.07) is 9.93. The number of benzene rings is 2. The fourth-order valence-electron chi connectivity index (χ4n) is 2.94. The third-order valence-electron chi connectivity index (χ3n) is 3.99. The maximum atomic E-state index is 14.0. The highest BCUT2D eigenvalue weighted by Crippen LogP contribution is 2.55. The van der Waals surface area contributed by atoms with Gasteiger partial charge in [0.05, 0.1) is 12.1 Å². The molecule has 2 atom stereocenters. The maximum absolute atomic E-state index is 14.0. The minimum atomic E-state index is -1.59. The smallest absolute Gasteiger partial charge is 0.358 e. The lowest BCUT2D eigenvalue weighted by Crippen LogP contribution is -2.45. The molecule has 0 amide bonds. The van der Waals surface area contributed by atoms with Gasteiger partial charge in [-0.2, -0.15) is 0 Å². The Kier molecular flexibility index (Phi) is 4.55. The van der Waals surface area contributed by atoms with Gasteiger partial charge in [-0.1, -0.05) is 41.9 Å². The van der Waals surface area contributed by atoms with Crippen LogP contribution in [0.15, 0.2) is 40.9 Å². The SMILES string of the molecule is COC(=O)[C@@]1(c2ccccc2)Oc2cc(F)c(Cl)c(Br)c2[C@@H]1OC. The summed E-state index contributed by atoms with van der Waals surface area (Å²) in [6.45, 7) is 0. The second kappa shape index (κ2) is 6.35. The number of ether oxygens (including phenoxy) is 3. The average Bonchev–Trinajstić information content (AvgIpc) is 2.94. The molecule has 0 saturated carbocycles. The van der Waals surface area contributed by atoms with E-state index in [0.717, 1.165) is 6.07 Å². The van der Waals surface area contributed by atoms with Crippen molar-refractivity contribution in [2.24, 2.45) is 0 Å². The molecule has 1 heterocycles. The van der Waals surface area contributed by atoms with Crippen LogP contribution in [0.1, 0.15) is 17.2 Å². The molecule has 0 bridgehead atoms. The van der Waals surface area contributed by atoms with Crippen molar-refractivity contribution in [1.29, 1.82) is 0 Å². The van der Waals surface area contributed by atoms with Crippen LogP contribution in [0.25, 0.3) is 0 Å². The maximum Gasteiger partial charge on any atom is 0.358 e. The fraction of sp³-hybridized carbons (Fsp3) is 0.235. The summed E-state index contributed by atoms with van der Waals surface area (Å²) in [7, 11) is 2.70. The van der Waals surface area contributed by atoms with Crippen LogP contribution in [0.4, 0.5) is 4.39 Å². The van der Waals surface area contributed by atoms with Gasteiger partial charge in [0.15, 0.2) is 0 Å². The van der Waals surface area contributed by atoms with Crippen molar-refractivity contribution < 1.29 is 23.4 Å². The summed E-state index contributed by atoms with van der Waals surface area (Å²) in [5.41, 5.74) is -0.603. The summed E-state index contributed by atoms with van der Waals surface area (Å²) in [5, 5.41) is -0.104. The molecule has 24 heavy (non-hydrogen) atoms. The molecule has 1 aliphatic rings. The predicted molar refractivity (Wildman–Crippen MR) is 89.6 cm³/mol. The number of halogens is 3. The van der Waals surface area contributed by atoms with Crippen LogP contribution in [0.2, 0.25) is 5.02 Å². The summed E-state index contributed by atoms with van der Waals surface area (Å²) in [6.07, 6.45) is -0.866. The Bertz CT molecular complexity index is 799. The Labute approximate surface area is 151 Å². The van der Waals surface area contributed by atoms with Crippen LogP contribution in [0, 0.1) is 5.82 Å². The summed E-state index contributed by atoms with van der Waals surface area (Å²) >= 11 is 9.26. The molecule has 4 nitrogen and oxygen atoms in total. The molecule has 0 N–H and O–H groups in total. The number of carbonyl (C=O) groups excluding carboxylic acids is 1. The Morgan fingerprint density at radius 2 is 2.00 bits per heavy atom. The van der Waals surface area contributed by atoms with E-state index in [4.69, 9.17) is 25.8 Å². The number of fused-ring (bicyclic) bond motifs is 1. The van der Waals surface area contributed by atoms with E-state index >= 15 is 0 Å². The Hall–Kier alpha value is -1.63. The van der Waals surface area contributed by atoms with E-state index in [-0.39, 0.29) is 15.2 Å². The molecule has 126 valence electrons. The number of esters is 1. The van der Waals surface area contributed by atoms with Crippen molar-refractivity contribution in [3.8, 4) is 5.75 Å². The van der Waals surface area contributed by atoms with Crippen LogP contribution < -0.4 is 4.74 Å². The average molecular weight is 416 g/mol. The van der Waals surface area contributed by atoms with Gasteiger partial charge in [-0.15, -0.1) is 0 Å². The van der Waals surface area contributed by atoms with Gasteiger partial charge in [-0.3, -0.25) is 0 Å². The van der Waals surface area contributed by atoms with Crippen molar-refractivity contribution in [3.63, 3.8) is 0 Å². The van der Waals surface area contributed by atoms with Gasteiger partial charge in [-0.05, 0) is 15.9 Å². The van der Waals surface area contributed by atoms with E-state index in [9.17, 15) is 9.18 Å². The van der Waals surface area contributed by atoms with E-state index in [2.05, 4.69) is 15.9 Å². The van der Waals surface area contributed by atoms with Gasteiger partial charge in [-0.25, -0.2) is 9.18 Å². The Balaban J connectivity index is 2.29. The first-order chi connectivity index (χ1) is 11.5. The Morgan fingerprint density at radius 1 is 1.33 bits per heavy atom. The quantitative estimate of drug-likeness (QED) is 0.551. The van der Waals surface area contributed by atoms with Crippen LogP contribution in [-0.2, 0) is 19.9 Å². The van der Waals surface area contributed by atoms with Crippen LogP contribution in [0.5, 0.6) is 5.75 Å². The van der Waals surface area contributed by atoms with Gasteiger partial charge >= 0.3 is 5.97 Å². The highest BCUT2D eigenvalue weighted by Gasteiger charge is 2.58. The number of hydrogen-bond donors (Lipinski definition) is 0. The molecule has 0 aromatic heterocycles. The molecule has 0 fully saturated rings. The molecule has 0 saturated heterocycles. The fourth-order valence-corrected chi connectivity index (χ4v) is 3.69. The zero-order valence-electron chi connectivity index (χ0n) is 12.8. The van der Waals surface area contributed by atoms with Crippen molar-refractivity contribution in [2.45, 2.75) is 11.7 Å². The van der Waals surface area contributed by atoms with Crippen LogP contribution >= 0.6 is 27.5 Å². The number of rotatable bonds is 3. The van der Waals surface area contributed by atoms with Crippen molar-refractivity contribution in [2.75, 3.05) is 14.2 Å². The molecule has 3 rings (SSSR count). The lowest BCUT2D eigenvalue weighted by Gasteiger charge is -2.31. The molecule has 0 radical (unpaired) electrons. The normalized spacial score (nSPS) is 22.0. The minimum Gasteiger partial charge on any atom is -0.467 e. The first-order valence-electron chi connectivity index (χ1n) is 7.00. The molecule has 2 aromatic rings. The third kappa shape index (κ3) is 2.32. The molecule has 1 aliphatic heterocycles. The molecule has 0 aliphatic carbocycles. The highest BCUT2D eigenvalue weighted by molar-refractivity contribution is 9.10. The van der Waals surface area contributed by atoms with E-state index in [1.807, 2.05) is 6.07 Å². The van der Waals surface area contributed by atoms with Crippen molar-refractivity contribution in [3.05, 3.63) is 62.8 Å². The van der Waals surface area contributed by atoms with Crippen molar-refractivity contribution >= 4 is 33.5 Å². The van der Waals surface area contributed by atoms with Crippen molar-refractivity contribution in [1.82, 2.24) is 0 Å². The predicted octanol–water partition coefficient (Wildman–Crippen LogP) is 4.39. The molecular formula is C17H13BrClFO4. The standard InChI is InChI=1S/C17H13BrClFO4/c1-22-15-12-11(8-10(20)14(19)13(12)18)24-17(15,16(21)23-2)9-6-4-3-5-7-9/h3-8,15H,1-2H3/t15-,17-/m0/s1. The van der Waals surface area contributed by atoms with E-state index in [1.54, 1.807) is 24.3 Å². The molecule has 0 spiro atoms. The molecule has 2 aromatic carbocycles. The highest BCUT2D eigenvalue weighted by atomic mass is 79.9. The van der Waals surface area contributed by atoms with Gasteiger partial charge in [0.25, 0.3) is 5.60 Å². The lowest BCUT2D eigenvalue weighted by molar-refractivity contribution is -0.171. The van der Waals surface area contributed by atoms with E-state index in [0.29, 0.717) is 11.1 Å². The molecule has 7 heteroatoms. The third-order valence-corrected chi connectivity index (χ3v) is 5.41. The first kappa shape index (κ1) is 17.2. The van der Waals surface area contributed by atoms with Gasteiger partial charge in [0.1, 0.15) is 17.7 Å².